The summed E-state index contributed by atoms with van der Waals surface area (Å²) in [5, 5.41) is 13.6. The molecule has 3 heterocycles. The smallest absolute Gasteiger partial charge is 0.253 e. The average molecular weight is 461 g/mol. The Bertz CT molecular complexity index is 1370. The number of rotatable bonds is 5. The Morgan fingerprint density at radius 2 is 1.85 bits per heavy atom. The summed E-state index contributed by atoms with van der Waals surface area (Å²) < 4.78 is 15.1. The van der Waals surface area contributed by atoms with Crippen molar-refractivity contribution in [2.75, 3.05) is 13.1 Å². The number of piperidine rings is 1. The van der Waals surface area contributed by atoms with E-state index in [-0.39, 0.29) is 17.4 Å². The minimum absolute atomic E-state index is 0.126. The highest BCUT2D eigenvalue weighted by atomic mass is 19.1. The molecule has 0 amide bonds. The van der Waals surface area contributed by atoms with Crippen LogP contribution in [0.2, 0.25) is 0 Å². The lowest BCUT2D eigenvalue weighted by Crippen LogP contribution is -2.40. The first-order chi connectivity index (χ1) is 16.4. The van der Waals surface area contributed by atoms with Crippen molar-refractivity contribution < 1.29 is 4.39 Å². The van der Waals surface area contributed by atoms with Gasteiger partial charge < -0.3 is 4.98 Å². The fraction of sp³-hybridized carbons (Fsp3) is 0.385. The molecule has 1 atom stereocenters. The van der Waals surface area contributed by atoms with Crippen LogP contribution >= 0.6 is 0 Å². The number of aromatic amines is 1. The molecule has 4 aromatic rings. The van der Waals surface area contributed by atoms with Crippen LogP contribution in [0.1, 0.15) is 53.9 Å². The molecule has 2 aromatic carbocycles. The summed E-state index contributed by atoms with van der Waals surface area (Å²) in [7, 11) is 0. The van der Waals surface area contributed by atoms with Gasteiger partial charge in [-0.2, -0.15) is 0 Å². The largest absolute Gasteiger partial charge is 0.321 e. The lowest BCUT2D eigenvalue weighted by atomic mass is 9.95. The standard InChI is InChI=1S/C26H29FN6O/c1-16-8-10-32(11-9-16)24(22-14-20-13-17(2)12-18(3)23(20)28-26(22)34)25-29-30-31-33(25)15-19-4-6-21(27)7-5-19/h4-7,12-14,16,24H,8-11,15H2,1-3H3,(H,28,34)/t24-/m1/s1. The highest BCUT2D eigenvalue weighted by Crippen LogP contribution is 2.31. The van der Waals surface area contributed by atoms with Gasteiger partial charge in [0.05, 0.1) is 12.1 Å². The Morgan fingerprint density at radius 3 is 2.59 bits per heavy atom. The first-order valence-electron chi connectivity index (χ1n) is 11.8. The Kier molecular flexibility index (Phi) is 6.00. The molecule has 1 fully saturated rings. The van der Waals surface area contributed by atoms with Crippen LogP contribution in [0, 0.1) is 25.6 Å². The molecule has 0 saturated carbocycles. The van der Waals surface area contributed by atoms with Crippen molar-refractivity contribution in [3.8, 4) is 0 Å². The number of hydrogen-bond acceptors (Lipinski definition) is 5. The number of likely N-dealkylation sites (tertiary alicyclic amines) is 1. The van der Waals surface area contributed by atoms with Crippen LogP contribution < -0.4 is 5.56 Å². The summed E-state index contributed by atoms with van der Waals surface area (Å²) in [6.45, 7) is 8.45. The highest BCUT2D eigenvalue weighted by molar-refractivity contribution is 5.83. The maximum Gasteiger partial charge on any atom is 0.253 e. The molecule has 1 saturated heterocycles. The Labute approximate surface area is 197 Å². The van der Waals surface area contributed by atoms with Crippen molar-refractivity contribution in [3.63, 3.8) is 0 Å². The molecule has 176 valence electrons. The number of hydrogen-bond donors (Lipinski definition) is 1. The minimum atomic E-state index is -0.378. The second kappa shape index (κ2) is 9.10. The Balaban J connectivity index is 1.62. The van der Waals surface area contributed by atoms with Gasteiger partial charge in [0, 0.05) is 5.56 Å². The number of nitrogens with zero attached hydrogens (tertiary/aromatic N) is 5. The first kappa shape index (κ1) is 22.4. The summed E-state index contributed by atoms with van der Waals surface area (Å²) in [6.07, 6.45) is 2.11. The fourth-order valence-electron chi connectivity index (χ4n) is 4.98. The van der Waals surface area contributed by atoms with E-state index in [1.807, 2.05) is 13.0 Å². The molecule has 34 heavy (non-hydrogen) atoms. The van der Waals surface area contributed by atoms with Crippen LogP contribution in [-0.2, 0) is 6.54 Å². The van der Waals surface area contributed by atoms with Gasteiger partial charge in [-0.25, -0.2) is 9.07 Å². The number of halogens is 1. The summed E-state index contributed by atoms with van der Waals surface area (Å²) >= 11 is 0. The summed E-state index contributed by atoms with van der Waals surface area (Å²) in [6, 6.07) is 12.1. The van der Waals surface area contributed by atoms with Crippen molar-refractivity contribution in [2.45, 2.75) is 46.2 Å². The van der Waals surface area contributed by atoms with Crippen LogP contribution in [0.4, 0.5) is 4.39 Å². The molecule has 7 nitrogen and oxygen atoms in total. The van der Waals surface area contributed by atoms with E-state index < -0.39 is 0 Å². The summed E-state index contributed by atoms with van der Waals surface area (Å²) in [5.74, 6) is 0.981. The Morgan fingerprint density at radius 1 is 1.12 bits per heavy atom. The zero-order valence-corrected chi connectivity index (χ0v) is 19.8. The van der Waals surface area contributed by atoms with Gasteiger partial charge in [0.25, 0.3) is 5.56 Å². The lowest BCUT2D eigenvalue weighted by Gasteiger charge is -2.36. The monoisotopic (exact) mass is 460 g/mol. The number of aromatic nitrogens is 5. The molecule has 8 heteroatoms. The zero-order valence-electron chi connectivity index (χ0n) is 19.8. The van der Waals surface area contributed by atoms with E-state index in [4.69, 9.17) is 0 Å². The molecule has 0 aliphatic carbocycles. The maximum atomic E-state index is 13.4. The van der Waals surface area contributed by atoms with E-state index >= 15 is 0 Å². The van der Waals surface area contributed by atoms with Gasteiger partial charge in [-0.1, -0.05) is 30.7 Å². The van der Waals surface area contributed by atoms with Gasteiger partial charge >= 0.3 is 0 Å². The van der Waals surface area contributed by atoms with Gasteiger partial charge in [-0.3, -0.25) is 9.69 Å². The SMILES string of the molecule is Cc1cc(C)c2[nH]c(=O)c([C@H](c3nnnn3Cc3ccc(F)cc3)N3CCC(C)CC3)cc2c1. The zero-order chi connectivity index (χ0) is 23.8. The second-order valence-electron chi connectivity index (χ2n) is 9.54. The van der Waals surface area contributed by atoms with Gasteiger partial charge in [0.15, 0.2) is 5.82 Å². The predicted octanol–water partition coefficient (Wildman–Crippen LogP) is 4.14. The topological polar surface area (TPSA) is 79.7 Å². The molecule has 1 aliphatic rings. The van der Waals surface area contributed by atoms with Gasteiger partial charge in [0.2, 0.25) is 0 Å². The van der Waals surface area contributed by atoms with Crippen molar-refractivity contribution in [3.05, 3.63) is 86.7 Å². The van der Waals surface area contributed by atoms with E-state index in [1.165, 1.54) is 12.1 Å². The molecule has 5 rings (SSSR count). The fourth-order valence-corrected chi connectivity index (χ4v) is 4.98. The van der Waals surface area contributed by atoms with E-state index in [2.05, 4.69) is 51.4 Å². The van der Waals surface area contributed by atoms with Crippen molar-refractivity contribution >= 4 is 10.9 Å². The Hall–Kier alpha value is -3.39. The molecule has 0 unspecified atom stereocenters. The number of fused-ring (bicyclic) bond motifs is 1. The predicted molar refractivity (Wildman–Crippen MR) is 129 cm³/mol. The maximum absolute atomic E-state index is 13.4. The van der Waals surface area contributed by atoms with Crippen LogP contribution in [-0.4, -0.2) is 43.2 Å². The second-order valence-corrected chi connectivity index (χ2v) is 9.54. The normalized spacial score (nSPS) is 16.2. The molecule has 2 aromatic heterocycles. The highest BCUT2D eigenvalue weighted by Gasteiger charge is 2.32. The lowest BCUT2D eigenvalue weighted by molar-refractivity contribution is 0.149. The number of pyridine rings is 1. The first-order valence-corrected chi connectivity index (χ1v) is 11.8. The third-order valence-corrected chi connectivity index (χ3v) is 6.85. The minimum Gasteiger partial charge on any atom is -0.321 e. The summed E-state index contributed by atoms with van der Waals surface area (Å²) in [4.78, 5) is 18.8. The number of tetrazole rings is 1. The number of benzene rings is 2. The third kappa shape index (κ3) is 4.37. The molecule has 0 radical (unpaired) electrons. The van der Waals surface area contributed by atoms with Crippen LogP contribution in [0.3, 0.4) is 0 Å². The number of aryl methyl sites for hydroxylation is 2. The molecule has 1 N–H and O–H groups in total. The molecular weight excluding hydrogens is 431 g/mol. The average Bonchev–Trinajstić information content (AvgIpc) is 3.25. The molecule has 1 aliphatic heterocycles. The number of H-pyrrole nitrogens is 1. The number of nitrogens with one attached hydrogen (secondary N) is 1. The van der Waals surface area contributed by atoms with Crippen LogP contribution in [0.25, 0.3) is 10.9 Å². The van der Waals surface area contributed by atoms with Gasteiger partial charge in [-0.05, 0) is 96.9 Å². The summed E-state index contributed by atoms with van der Waals surface area (Å²) in [5.41, 5.74) is 4.45. The van der Waals surface area contributed by atoms with Crippen LogP contribution in [0.5, 0.6) is 0 Å². The van der Waals surface area contributed by atoms with Crippen molar-refractivity contribution in [1.29, 1.82) is 0 Å². The van der Waals surface area contributed by atoms with E-state index in [0.717, 1.165) is 53.5 Å². The van der Waals surface area contributed by atoms with Crippen molar-refractivity contribution in [1.82, 2.24) is 30.1 Å². The van der Waals surface area contributed by atoms with E-state index in [9.17, 15) is 9.18 Å². The van der Waals surface area contributed by atoms with Crippen LogP contribution in [0.15, 0.2) is 47.3 Å². The third-order valence-electron chi connectivity index (χ3n) is 6.85. The van der Waals surface area contributed by atoms with Gasteiger partial charge in [-0.15, -0.1) is 5.10 Å². The van der Waals surface area contributed by atoms with E-state index in [0.29, 0.717) is 23.9 Å². The quantitative estimate of drug-likeness (QED) is 0.484. The molecule has 0 spiro atoms. The van der Waals surface area contributed by atoms with Crippen molar-refractivity contribution in [2.24, 2.45) is 5.92 Å². The van der Waals surface area contributed by atoms with E-state index in [1.54, 1.807) is 16.8 Å². The molecule has 0 bridgehead atoms. The molecular formula is C26H29FN6O. The van der Waals surface area contributed by atoms with Gasteiger partial charge in [0.1, 0.15) is 11.9 Å².